The SMILES string of the molecule is COc1cccc([C@H]2CN(Cc3ccsc3)C[C@H]2CN(CC(C)C)C(=O)C(C)C)c1. The molecule has 3 rings (SSSR count). The Balaban J connectivity index is 1.83. The quantitative estimate of drug-likeness (QED) is 0.556. The second-order valence-corrected chi connectivity index (χ2v) is 10.0. The van der Waals surface area contributed by atoms with Crippen LogP contribution < -0.4 is 4.74 Å². The number of carbonyl (C=O) groups excluding carboxylic acids is 1. The van der Waals surface area contributed by atoms with Crippen molar-refractivity contribution in [3.05, 3.63) is 52.2 Å². The largest absolute Gasteiger partial charge is 0.497 e. The topological polar surface area (TPSA) is 32.8 Å². The lowest BCUT2D eigenvalue weighted by atomic mass is 9.88. The Kier molecular flexibility index (Phi) is 7.95. The Labute approximate surface area is 185 Å². The van der Waals surface area contributed by atoms with E-state index < -0.39 is 0 Å². The van der Waals surface area contributed by atoms with Gasteiger partial charge in [-0.1, -0.05) is 39.8 Å². The standard InChI is InChI=1S/C25H36N2O2S/c1-18(2)12-27(25(28)19(3)4)15-22-14-26(13-20-9-10-30-17-20)16-24(22)21-7-6-8-23(11-21)29-5/h6-11,17-19,22,24H,12-16H2,1-5H3/t22-,24+/m0/s1. The van der Waals surface area contributed by atoms with Gasteiger partial charge in [-0.2, -0.15) is 11.3 Å². The zero-order chi connectivity index (χ0) is 21.7. The van der Waals surface area contributed by atoms with E-state index >= 15 is 0 Å². The van der Waals surface area contributed by atoms with Gasteiger partial charge in [-0.15, -0.1) is 0 Å². The lowest BCUT2D eigenvalue weighted by molar-refractivity contribution is -0.135. The third kappa shape index (κ3) is 5.86. The lowest BCUT2D eigenvalue weighted by Gasteiger charge is -2.31. The van der Waals surface area contributed by atoms with Crippen molar-refractivity contribution in [2.75, 3.05) is 33.3 Å². The minimum Gasteiger partial charge on any atom is -0.497 e. The van der Waals surface area contributed by atoms with Crippen molar-refractivity contribution in [2.24, 2.45) is 17.8 Å². The summed E-state index contributed by atoms with van der Waals surface area (Å²) in [4.78, 5) is 17.6. The van der Waals surface area contributed by atoms with Crippen LogP contribution in [0.15, 0.2) is 41.1 Å². The van der Waals surface area contributed by atoms with E-state index in [1.54, 1.807) is 18.4 Å². The van der Waals surface area contributed by atoms with E-state index in [1.165, 1.54) is 11.1 Å². The number of carbonyl (C=O) groups is 1. The van der Waals surface area contributed by atoms with Crippen LogP contribution in [0, 0.1) is 17.8 Å². The van der Waals surface area contributed by atoms with Crippen LogP contribution in [0.3, 0.4) is 0 Å². The van der Waals surface area contributed by atoms with Gasteiger partial charge in [0.25, 0.3) is 0 Å². The van der Waals surface area contributed by atoms with Crippen molar-refractivity contribution in [3.63, 3.8) is 0 Å². The van der Waals surface area contributed by atoms with Crippen molar-refractivity contribution in [1.82, 2.24) is 9.80 Å². The van der Waals surface area contributed by atoms with E-state index in [4.69, 9.17) is 4.74 Å². The Bertz CT molecular complexity index is 803. The monoisotopic (exact) mass is 428 g/mol. The molecule has 0 unspecified atom stereocenters. The molecule has 1 aromatic heterocycles. The van der Waals surface area contributed by atoms with Gasteiger partial charge in [-0.3, -0.25) is 9.69 Å². The molecule has 4 nitrogen and oxygen atoms in total. The molecule has 0 bridgehead atoms. The Morgan fingerprint density at radius 1 is 1.23 bits per heavy atom. The zero-order valence-corrected chi connectivity index (χ0v) is 19.8. The number of likely N-dealkylation sites (tertiary alicyclic amines) is 1. The highest BCUT2D eigenvalue weighted by molar-refractivity contribution is 7.07. The summed E-state index contributed by atoms with van der Waals surface area (Å²) in [6.45, 7) is 13.0. The van der Waals surface area contributed by atoms with Crippen molar-refractivity contribution >= 4 is 17.2 Å². The molecule has 0 N–H and O–H groups in total. The van der Waals surface area contributed by atoms with Gasteiger partial charge in [0.15, 0.2) is 0 Å². The van der Waals surface area contributed by atoms with Gasteiger partial charge in [-0.25, -0.2) is 0 Å². The first-order chi connectivity index (χ1) is 14.4. The van der Waals surface area contributed by atoms with E-state index in [1.807, 2.05) is 19.9 Å². The Morgan fingerprint density at radius 3 is 2.67 bits per heavy atom. The van der Waals surface area contributed by atoms with Crippen LogP contribution in [-0.2, 0) is 11.3 Å². The summed E-state index contributed by atoms with van der Waals surface area (Å²) in [7, 11) is 1.72. The van der Waals surface area contributed by atoms with E-state index in [0.29, 0.717) is 17.8 Å². The lowest BCUT2D eigenvalue weighted by Crippen LogP contribution is -2.41. The molecule has 30 heavy (non-hydrogen) atoms. The van der Waals surface area contributed by atoms with Crippen LogP contribution >= 0.6 is 11.3 Å². The number of rotatable bonds is 9. The summed E-state index contributed by atoms with van der Waals surface area (Å²) >= 11 is 1.75. The highest BCUT2D eigenvalue weighted by Crippen LogP contribution is 2.36. The maximum atomic E-state index is 12.9. The van der Waals surface area contributed by atoms with Crippen molar-refractivity contribution in [1.29, 1.82) is 0 Å². The smallest absolute Gasteiger partial charge is 0.225 e. The fourth-order valence-electron chi connectivity index (χ4n) is 4.51. The third-order valence-corrected chi connectivity index (χ3v) is 6.60. The third-order valence-electron chi connectivity index (χ3n) is 5.87. The van der Waals surface area contributed by atoms with Crippen LogP contribution in [0.5, 0.6) is 5.75 Å². The first-order valence-electron chi connectivity index (χ1n) is 11.0. The van der Waals surface area contributed by atoms with Gasteiger partial charge in [0.05, 0.1) is 7.11 Å². The summed E-state index contributed by atoms with van der Waals surface area (Å²) < 4.78 is 5.49. The summed E-state index contributed by atoms with van der Waals surface area (Å²) in [6, 6.07) is 10.7. The van der Waals surface area contributed by atoms with Crippen LogP contribution in [0.1, 0.15) is 44.7 Å². The predicted octanol–water partition coefficient (Wildman–Crippen LogP) is 5.11. The average molecular weight is 429 g/mol. The molecule has 1 aliphatic heterocycles. The first kappa shape index (κ1) is 22.8. The maximum Gasteiger partial charge on any atom is 0.225 e. The predicted molar refractivity (Wildman–Crippen MR) is 125 cm³/mol. The molecule has 2 atom stereocenters. The number of nitrogens with zero attached hydrogens (tertiary/aromatic N) is 2. The fraction of sp³-hybridized carbons (Fsp3) is 0.560. The van der Waals surface area contributed by atoms with Gasteiger partial charge in [0.2, 0.25) is 5.91 Å². The molecule has 1 saturated heterocycles. The number of hydrogen-bond donors (Lipinski definition) is 0. The average Bonchev–Trinajstić information content (AvgIpc) is 3.36. The van der Waals surface area contributed by atoms with Crippen LogP contribution in [-0.4, -0.2) is 49.0 Å². The Morgan fingerprint density at radius 2 is 2.03 bits per heavy atom. The second-order valence-electron chi connectivity index (χ2n) is 9.26. The van der Waals surface area contributed by atoms with Gasteiger partial charge in [-0.05, 0) is 51.9 Å². The van der Waals surface area contributed by atoms with Gasteiger partial charge in [0, 0.05) is 44.6 Å². The number of hydrogen-bond acceptors (Lipinski definition) is 4. The molecule has 0 aliphatic carbocycles. The summed E-state index contributed by atoms with van der Waals surface area (Å²) in [5.41, 5.74) is 2.69. The molecule has 0 spiro atoms. The molecule has 1 amide bonds. The van der Waals surface area contributed by atoms with Crippen LogP contribution in [0.25, 0.3) is 0 Å². The number of benzene rings is 1. The van der Waals surface area contributed by atoms with Gasteiger partial charge in [0.1, 0.15) is 5.75 Å². The molecule has 0 saturated carbocycles. The molecule has 2 aromatic rings. The number of thiophene rings is 1. The van der Waals surface area contributed by atoms with Crippen LogP contribution in [0.4, 0.5) is 0 Å². The molecule has 2 heterocycles. The zero-order valence-electron chi connectivity index (χ0n) is 19.0. The molecular formula is C25H36N2O2S. The van der Waals surface area contributed by atoms with E-state index in [-0.39, 0.29) is 11.8 Å². The summed E-state index contributed by atoms with van der Waals surface area (Å²) in [5.74, 6) is 2.48. The number of ether oxygens (including phenoxy) is 1. The molecular weight excluding hydrogens is 392 g/mol. The van der Waals surface area contributed by atoms with Gasteiger partial charge < -0.3 is 9.64 Å². The maximum absolute atomic E-state index is 12.9. The minimum absolute atomic E-state index is 0.0299. The van der Waals surface area contributed by atoms with E-state index in [2.05, 4.69) is 58.7 Å². The minimum atomic E-state index is 0.0299. The summed E-state index contributed by atoms with van der Waals surface area (Å²) in [6.07, 6.45) is 0. The highest BCUT2D eigenvalue weighted by atomic mass is 32.1. The fourth-order valence-corrected chi connectivity index (χ4v) is 5.17. The van der Waals surface area contributed by atoms with Crippen LogP contribution in [0.2, 0.25) is 0 Å². The van der Waals surface area contributed by atoms with E-state index in [0.717, 1.165) is 38.5 Å². The molecule has 1 aromatic carbocycles. The number of amides is 1. The molecule has 164 valence electrons. The number of methoxy groups -OCH3 is 1. The molecule has 1 fully saturated rings. The first-order valence-corrected chi connectivity index (χ1v) is 12.0. The normalized spacial score (nSPS) is 19.6. The van der Waals surface area contributed by atoms with Crippen molar-refractivity contribution in [2.45, 2.75) is 40.2 Å². The van der Waals surface area contributed by atoms with Gasteiger partial charge >= 0.3 is 0 Å². The molecule has 1 aliphatic rings. The van der Waals surface area contributed by atoms with Crippen molar-refractivity contribution in [3.8, 4) is 5.75 Å². The highest BCUT2D eigenvalue weighted by Gasteiger charge is 2.36. The second kappa shape index (κ2) is 10.5. The molecule has 0 radical (unpaired) electrons. The van der Waals surface area contributed by atoms with E-state index in [9.17, 15) is 4.79 Å². The summed E-state index contributed by atoms with van der Waals surface area (Å²) in [5, 5.41) is 4.38. The molecule has 5 heteroatoms. The van der Waals surface area contributed by atoms with Crippen molar-refractivity contribution < 1.29 is 9.53 Å². The Hall–Kier alpha value is -1.85.